The lowest BCUT2D eigenvalue weighted by atomic mass is 10.1. The second kappa shape index (κ2) is 8.06. The van der Waals surface area contributed by atoms with Crippen LogP contribution in [0, 0.1) is 5.92 Å². The van der Waals surface area contributed by atoms with Crippen LogP contribution in [0.5, 0.6) is 0 Å². The molecule has 1 aliphatic rings. The van der Waals surface area contributed by atoms with Crippen LogP contribution in [0.25, 0.3) is 0 Å². The first-order valence-electron chi connectivity index (χ1n) is 6.28. The van der Waals surface area contributed by atoms with Crippen LogP contribution >= 0.6 is 15.9 Å². The Bertz CT molecular complexity index is 233. The van der Waals surface area contributed by atoms with Gasteiger partial charge in [0.2, 0.25) is 0 Å². The summed E-state index contributed by atoms with van der Waals surface area (Å²) in [6, 6.07) is 0. The van der Waals surface area contributed by atoms with Gasteiger partial charge in [-0.2, -0.15) is 0 Å². The summed E-state index contributed by atoms with van der Waals surface area (Å²) in [5, 5.41) is 3.30. The van der Waals surface area contributed by atoms with Gasteiger partial charge in [-0.1, -0.05) is 22.9 Å². The van der Waals surface area contributed by atoms with E-state index in [0.717, 1.165) is 13.1 Å². The normalized spacial score (nSPS) is 20.2. The maximum absolute atomic E-state index is 11.1. The third kappa shape index (κ3) is 5.84. The lowest BCUT2D eigenvalue weighted by Gasteiger charge is -2.20. The molecule has 0 radical (unpaired) electrons. The van der Waals surface area contributed by atoms with Crippen molar-refractivity contribution in [3.63, 3.8) is 0 Å². The molecular formula is C12H23BrN2O2. The van der Waals surface area contributed by atoms with E-state index in [1.165, 1.54) is 33.0 Å². The van der Waals surface area contributed by atoms with E-state index in [4.69, 9.17) is 0 Å². The Hall–Kier alpha value is -0.130. The highest BCUT2D eigenvalue weighted by Crippen LogP contribution is 2.09. The molecule has 1 rings (SSSR count). The zero-order chi connectivity index (χ0) is 12.7. The number of ether oxygens (including phenoxy) is 1. The largest absolute Gasteiger partial charge is 0.468 e. The Labute approximate surface area is 112 Å². The quantitative estimate of drug-likeness (QED) is 0.568. The number of methoxy groups -OCH3 is 1. The number of nitrogens with zero attached hydrogens (tertiary/aromatic N) is 1. The summed E-state index contributed by atoms with van der Waals surface area (Å²) in [7, 11) is 1.41. The minimum absolute atomic E-state index is 0.218. The maximum Gasteiger partial charge on any atom is 0.320 e. The van der Waals surface area contributed by atoms with Crippen LogP contribution in [0.4, 0.5) is 0 Å². The molecule has 2 unspecified atom stereocenters. The summed E-state index contributed by atoms with van der Waals surface area (Å²) < 4.78 is 4.64. The molecule has 1 aliphatic heterocycles. The third-order valence-corrected chi connectivity index (χ3v) is 3.74. The maximum atomic E-state index is 11.1. The van der Waals surface area contributed by atoms with Crippen LogP contribution in [0.15, 0.2) is 0 Å². The van der Waals surface area contributed by atoms with Crippen molar-refractivity contribution in [1.29, 1.82) is 0 Å². The average Bonchev–Trinajstić information content (AvgIpc) is 2.80. The topological polar surface area (TPSA) is 41.6 Å². The van der Waals surface area contributed by atoms with E-state index in [2.05, 4.69) is 37.8 Å². The van der Waals surface area contributed by atoms with Gasteiger partial charge in [-0.05, 0) is 38.4 Å². The highest BCUT2D eigenvalue weighted by Gasteiger charge is 2.16. The van der Waals surface area contributed by atoms with Crippen LogP contribution in [0.3, 0.4) is 0 Å². The molecule has 100 valence electrons. The molecule has 0 aromatic carbocycles. The number of likely N-dealkylation sites (tertiary alicyclic amines) is 1. The minimum Gasteiger partial charge on any atom is -0.468 e. The van der Waals surface area contributed by atoms with Gasteiger partial charge in [-0.3, -0.25) is 4.79 Å². The fraction of sp³-hybridized carbons (Fsp3) is 0.917. The Morgan fingerprint density at radius 3 is 2.65 bits per heavy atom. The van der Waals surface area contributed by atoms with Gasteiger partial charge in [0.05, 0.1) is 7.11 Å². The number of halogens is 1. The number of nitrogens with one attached hydrogen (secondary N) is 1. The molecule has 1 N–H and O–H groups in total. The number of alkyl halides is 1. The third-order valence-electron chi connectivity index (χ3n) is 3.04. The monoisotopic (exact) mass is 306 g/mol. The lowest BCUT2D eigenvalue weighted by Crippen LogP contribution is -2.36. The Balaban J connectivity index is 2.06. The molecule has 0 aromatic rings. The Morgan fingerprint density at radius 2 is 2.06 bits per heavy atom. The molecule has 1 fully saturated rings. The van der Waals surface area contributed by atoms with E-state index in [9.17, 15) is 4.79 Å². The molecule has 1 heterocycles. The number of carbonyl (C=O) groups excluding carboxylic acids is 1. The second-order valence-electron chi connectivity index (χ2n) is 4.76. The SMILES string of the molecule is COC(=O)C(Br)CNCC(C)CN1CCCC1. The molecule has 0 bridgehead atoms. The summed E-state index contributed by atoms with van der Waals surface area (Å²) in [4.78, 5) is 13.4. The predicted molar refractivity (Wildman–Crippen MR) is 72.4 cm³/mol. The summed E-state index contributed by atoms with van der Waals surface area (Å²) in [6.07, 6.45) is 2.68. The van der Waals surface area contributed by atoms with Crippen LogP contribution < -0.4 is 5.32 Å². The van der Waals surface area contributed by atoms with E-state index in [-0.39, 0.29) is 10.8 Å². The molecule has 0 aromatic heterocycles. The van der Waals surface area contributed by atoms with E-state index in [1.807, 2.05) is 0 Å². The fourth-order valence-electron chi connectivity index (χ4n) is 2.14. The van der Waals surface area contributed by atoms with Gasteiger partial charge in [-0.25, -0.2) is 0 Å². The van der Waals surface area contributed by atoms with Gasteiger partial charge >= 0.3 is 5.97 Å². The molecule has 2 atom stereocenters. The van der Waals surface area contributed by atoms with Crippen LogP contribution in [-0.2, 0) is 9.53 Å². The predicted octanol–water partition coefficient (Wildman–Crippen LogP) is 1.24. The molecular weight excluding hydrogens is 284 g/mol. The first-order valence-corrected chi connectivity index (χ1v) is 7.20. The number of esters is 1. The van der Waals surface area contributed by atoms with Crippen LogP contribution in [-0.4, -0.2) is 55.5 Å². The van der Waals surface area contributed by atoms with Gasteiger partial charge in [0.25, 0.3) is 0 Å². The van der Waals surface area contributed by atoms with Gasteiger partial charge in [0, 0.05) is 13.1 Å². The average molecular weight is 307 g/mol. The fourth-order valence-corrected chi connectivity index (χ4v) is 2.55. The van der Waals surface area contributed by atoms with E-state index in [0.29, 0.717) is 12.5 Å². The molecule has 4 nitrogen and oxygen atoms in total. The first kappa shape index (κ1) is 14.9. The highest BCUT2D eigenvalue weighted by molar-refractivity contribution is 9.10. The number of rotatable bonds is 7. The zero-order valence-electron chi connectivity index (χ0n) is 10.7. The summed E-state index contributed by atoms with van der Waals surface area (Å²) in [6.45, 7) is 7.44. The van der Waals surface area contributed by atoms with Gasteiger partial charge in [0.15, 0.2) is 0 Å². The van der Waals surface area contributed by atoms with E-state index < -0.39 is 0 Å². The molecule has 0 spiro atoms. The molecule has 0 aliphatic carbocycles. The number of carbonyl (C=O) groups is 1. The van der Waals surface area contributed by atoms with Crippen molar-refractivity contribution in [3.8, 4) is 0 Å². The van der Waals surface area contributed by atoms with Crippen molar-refractivity contribution in [2.75, 3.05) is 39.8 Å². The van der Waals surface area contributed by atoms with E-state index >= 15 is 0 Å². The number of hydrogen-bond donors (Lipinski definition) is 1. The summed E-state index contributed by atoms with van der Waals surface area (Å²) in [5.74, 6) is 0.398. The van der Waals surface area contributed by atoms with Crippen LogP contribution in [0.2, 0.25) is 0 Å². The lowest BCUT2D eigenvalue weighted by molar-refractivity contribution is -0.139. The molecule has 17 heavy (non-hydrogen) atoms. The van der Waals surface area contributed by atoms with Gasteiger partial charge in [-0.15, -0.1) is 0 Å². The van der Waals surface area contributed by atoms with Crippen molar-refractivity contribution >= 4 is 21.9 Å². The van der Waals surface area contributed by atoms with Crippen molar-refractivity contribution in [2.45, 2.75) is 24.6 Å². The highest BCUT2D eigenvalue weighted by atomic mass is 79.9. The molecule has 5 heteroatoms. The summed E-state index contributed by atoms with van der Waals surface area (Å²) in [5.41, 5.74) is 0. The van der Waals surface area contributed by atoms with Gasteiger partial charge in [0.1, 0.15) is 4.83 Å². The molecule has 0 saturated carbocycles. The van der Waals surface area contributed by atoms with Gasteiger partial charge < -0.3 is 15.0 Å². The van der Waals surface area contributed by atoms with Crippen molar-refractivity contribution in [1.82, 2.24) is 10.2 Å². The smallest absolute Gasteiger partial charge is 0.320 e. The number of hydrogen-bond acceptors (Lipinski definition) is 4. The summed E-state index contributed by atoms with van der Waals surface area (Å²) >= 11 is 3.29. The zero-order valence-corrected chi connectivity index (χ0v) is 12.3. The van der Waals surface area contributed by atoms with Crippen molar-refractivity contribution < 1.29 is 9.53 Å². The minimum atomic E-state index is -0.244. The molecule has 1 saturated heterocycles. The first-order chi connectivity index (χ1) is 8.13. The molecule has 0 amide bonds. The van der Waals surface area contributed by atoms with Crippen molar-refractivity contribution in [3.05, 3.63) is 0 Å². The van der Waals surface area contributed by atoms with E-state index in [1.54, 1.807) is 0 Å². The Morgan fingerprint density at radius 1 is 1.41 bits per heavy atom. The standard InChI is InChI=1S/C12H23BrN2O2/c1-10(9-15-5-3-4-6-15)7-14-8-11(13)12(16)17-2/h10-11,14H,3-9H2,1-2H3. The van der Waals surface area contributed by atoms with Crippen molar-refractivity contribution in [2.24, 2.45) is 5.92 Å². The Kier molecular flexibility index (Phi) is 7.08. The second-order valence-corrected chi connectivity index (χ2v) is 5.87. The van der Waals surface area contributed by atoms with Crippen LogP contribution in [0.1, 0.15) is 19.8 Å².